The summed E-state index contributed by atoms with van der Waals surface area (Å²) in [6, 6.07) is 18.3. The summed E-state index contributed by atoms with van der Waals surface area (Å²) in [7, 11) is 1.68. The average molecular weight is 448 g/mol. The second-order valence-electron chi connectivity index (χ2n) is 8.14. The van der Waals surface area contributed by atoms with Crippen LogP contribution in [-0.2, 0) is 0 Å². The highest BCUT2D eigenvalue weighted by molar-refractivity contribution is 7.99. The number of anilines is 1. The summed E-state index contributed by atoms with van der Waals surface area (Å²) < 4.78 is 5.24. The first-order valence-corrected chi connectivity index (χ1v) is 11.7. The Kier molecular flexibility index (Phi) is 7.00. The van der Waals surface area contributed by atoms with Gasteiger partial charge >= 0.3 is 0 Å². The van der Waals surface area contributed by atoms with E-state index >= 15 is 0 Å². The Morgan fingerprint density at radius 3 is 2.50 bits per heavy atom. The van der Waals surface area contributed by atoms with E-state index in [1.807, 2.05) is 24.3 Å². The van der Waals surface area contributed by atoms with Gasteiger partial charge in [-0.05, 0) is 86.3 Å². The van der Waals surface area contributed by atoms with Crippen LogP contribution < -0.4 is 15.0 Å². The van der Waals surface area contributed by atoms with Crippen LogP contribution in [0.25, 0.3) is 0 Å². The third-order valence-electron chi connectivity index (χ3n) is 5.98. The summed E-state index contributed by atoms with van der Waals surface area (Å²) in [5.41, 5.74) is 4.32. The van der Waals surface area contributed by atoms with E-state index in [-0.39, 0.29) is 11.9 Å². The molecular weight excluding hydrogens is 418 g/mol. The Morgan fingerprint density at radius 1 is 1.06 bits per heavy atom. The van der Waals surface area contributed by atoms with Gasteiger partial charge in [-0.3, -0.25) is 4.79 Å². The molecule has 1 saturated heterocycles. The first-order chi connectivity index (χ1) is 15.5. The molecule has 1 aliphatic heterocycles. The van der Waals surface area contributed by atoms with Gasteiger partial charge in [-0.25, -0.2) is 4.98 Å². The van der Waals surface area contributed by atoms with Crippen LogP contribution in [0.4, 0.5) is 5.69 Å². The second kappa shape index (κ2) is 10.1. The molecule has 166 valence electrons. The standard InChI is InChI=1S/C26H29N3O2S/c1-18-6-11-23(17-19(18)2)32-26-24(5-4-14-27-26)25(30)28-20-12-15-29(16-13-20)21-7-9-22(31-3)10-8-21/h4-11,14,17,20H,12-13,15-16H2,1-3H3,(H,28,30). The molecule has 0 bridgehead atoms. The summed E-state index contributed by atoms with van der Waals surface area (Å²) in [5, 5.41) is 3.97. The number of piperidine rings is 1. The van der Waals surface area contributed by atoms with Gasteiger partial charge in [0.15, 0.2) is 0 Å². The van der Waals surface area contributed by atoms with Crippen molar-refractivity contribution in [2.75, 3.05) is 25.1 Å². The molecule has 4 rings (SSSR count). The van der Waals surface area contributed by atoms with E-state index in [1.165, 1.54) is 28.6 Å². The van der Waals surface area contributed by atoms with Gasteiger partial charge in [0.25, 0.3) is 5.91 Å². The van der Waals surface area contributed by atoms with Crippen molar-refractivity contribution in [3.8, 4) is 5.75 Å². The Morgan fingerprint density at radius 2 is 1.81 bits per heavy atom. The highest BCUT2D eigenvalue weighted by Gasteiger charge is 2.23. The van der Waals surface area contributed by atoms with Crippen molar-refractivity contribution in [2.24, 2.45) is 0 Å². The zero-order valence-electron chi connectivity index (χ0n) is 18.8. The van der Waals surface area contributed by atoms with Crippen LogP contribution in [0.5, 0.6) is 5.75 Å². The van der Waals surface area contributed by atoms with Gasteiger partial charge < -0.3 is 15.0 Å². The quantitative estimate of drug-likeness (QED) is 0.559. The largest absolute Gasteiger partial charge is 0.497 e. The first-order valence-electron chi connectivity index (χ1n) is 10.9. The number of aromatic nitrogens is 1. The Labute approximate surface area is 194 Å². The molecule has 3 aromatic rings. The lowest BCUT2D eigenvalue weighted by molar-refractivity contribution is 0.0927. The number of carbonyl (C=O) groups is 1. The van der Waals surface area contributed by atoms with Crippen molar-refractivity contribution in [3.05, 3.63) is 77.5 Å². The number of hydrogen-bond acceptors (Lipinski definition) is 5. The number of aryl methyl sites for hydroxylation is 2. The molecule has 0 radical (unpaired) electrons. The van der Waals surface area contributed by atoms with E-state index in [2.05, 4.69) is 59.4 Å². The predicted octanol–water partition coefficient (Wildman–Crippen LogP) is 5.26. The van der Waals surface area contributed by atoms with E-state index in [0.29, 0.717) is 5.56 Å². The fourth-order valence-corrected chi connectivity index (χ4v) is 4.85. The number of methoxy groups -OCH3 is 1. The van der Waals surface area contributed by atoms with E-state index in [4.69, 9.17) is 4.74 Å². The molecule has 0 saturated carbocycles. The van der Waals surface area contributed by atoms with Crippen LogP contribution in [0.3, 0.4) is 0 Å². The Hall–Kier alpha value is -2.99. The van der Waals surface area contributed by atoms with Gasteiger partial charge in [-0.15, -0.1) is 0 Å². The number of hydrogen-bond donors (Lipinski definition) is 1. The van der Waals surface area contributed by atoms with E-state index in [0.717, 1.165) is 41.6 Å². The normalized spacial score (nSPS) is 14.3. The minimum atomic E-state index is -0.0488. The van der Waals surface area contributed by atoms with Gasteiger partial charge in [0, 0.05) is 35.9 Å². The summed E-state index contributed by atoms with van der Waals surface area (Å²) >= 11 is 1.54. The second-order valence-corrected chi connectivity index (χ2v) is 9.20. The molecule has 1 N–H and O–H groups in total. The maximum Gasteiger partial charge on any atom is 0.254 e. The molecule has 1 aliphatic rings. The van der Waals surface area contributed by atoms with Gasteiger partial charge in [-0.2, -0.15) is 0 Å². The summed E-state index contributed by atoms with van der Waals surface area (Å²) in [4.78, 5) is 21.0. The molecule has 5 nitrogen and oxygen atoms in total. The fourth-order valence-electron chi connectivity index (χ4n) is 3.87. The SMILES string of the molecule is COc1ccc(N2CCC(NC(=O)c3cccnc3Sc3ccc(C)c(C)c3)CC2)cc1. The maximum atomic E-state index is 13.1. The zero-order chi connectivity index (χ0) is 22.5. The van der Waals surface area contributed by atoms with E-state index in [1.54, 1.807) is 13.3 Å². The molecular formula is C26H29N3O2S. The van der Waals surface area contributed by atoms with Crippen molar-refractivity contribution >= 4 is 23.4 Å². The van der Waals surface area contributed by atoms with Crippen LogP contribution in [0.1, 0.15) is 34.3 Å². The topological polar surface area (TPSA) is 54.5 Å². The number of ether oxygens (including phenoxy) is 1. The van der Waals surface area contributed by atoms with Gasteiger partial charge in [0.05, 0.1) is 12.7 Å². The molecule has 0 spiro atoms. The minimum absolute atomic E-state index is 0.0488. The number of benzene rings is 2. The summed E-state index contributed by atoms with van der Waals surface area (Å²) in [5.74, 6) is 0.814. The molecule has 0 atom stereocenters. The third kappa shape index (κ3) is 5.25. The monoisotopic (exact) mass is 447 g/mol. The third-order valence-corrected chi connectivity index (χ3v) is 6.98. The number of carbonyl (C=O) groups excluding carboxylic acids is 1. The Bertz CT molecular complexity index is 1080. The van der Waals surface area contributed by atoms with Crippen molar-refractivity contribution < 1.29 is 9.53 Å². The van der Waals surface area contributed by atoms with Crippen LogP contribution in [0.15, 0.2) is 70.7 Å². The minimum Gasteiger partial charge on any atom is -0.497 e. The highest BCUT2D eigenvalue weighted by Crippen LogP contribution is 2.30. The number of nitrogens with one attached hydrogen (secondary N) is 1. The Balaban J connectivity index is 1.37. The molecule has 2 aromatic carbocycles. The lowest BCUT2D eigenvalue weighted by Gasteiger charge is -2.34. The summed E-state index contributed by atoms with van der Waals surface area (Å²) in [6.07, 6.45) is 3.57. The van der Waals surface area contributed by atoms with Crippen molar-refractivity contribution in [1.29, 1.82) is 0 Å². The number of amides is 1. The maximum absolute atomic E-state index is 13.1. The van der Waals surface area contributed by atoms with Gasteiger partial charge in [0.1, 0.15) is 10.8 Å². The zero-order valence-corrected chi connectivity index (χ0v) is 19.6. The highest BCUT2D eigenvalue weighted by atomic mass is 32.2. The lowest BCUT2D eigenvalue weighted by Crippen LogP contribution is -2.44. The molecule has 0 unspecified atom stereocenters. The van der Waals surface area contributed by atoms with Gasteiger partial charge in [-0.1, -0.05) is 17.8 Å². The molecule has 1 fully saturated rings. The van der Waals surface area contributed by atoms with Crippen molar-refractivity contribution in [3.63, 3.8) is 0 Å². The molecule has 2 heterocycles. The number of nitrogens with zero attached hydrogens (tertiary/aromatic N) is 2. The van der Waals surface area contributed by atoms with Crippen molar-refractivity contribution in [1.82, 2.24) is 10.3 Å². The molecule has 1 amide bonds. The number of rotatable bonds is 6. The van der Waals surface area contributed by atoms with Crippen LogP contribution in [-0.4, -0.2) is 37.1 Å². The van der Waals surface area contributed by atoms with E-state index in [9.17, 15) is 4.79 Å². The van der Waals surface area contributed by atoms with Crippen molar-refractivity contribution in [2.45, 2.75) is 42.7 Å². The molecule has 0 aliphatic carbocycles. The van der Waals surface area contributed by atoms with Crippen LogP contribution in [0, 0.1) is 13.8 Å². The number of pyridine rings is 1. The van der Waals surface area contributed by atoms with Gasteiger partial charge in [0.2, 0.25) is 0 Å². The van der Waals surface area contributed by atoms with Crippen LogP contribution >= 0.6 is 11.8 Å². The fraction of sp³-hybridized carbons (Fsp3) is 0.308. The molecule has 32 heavy (non-hydrogen) atoms. The van der Waals surface area contributed by atoms with Crippen LogP contribution in [0.2, 0.25) is 0 Å². The first kappa shape index (κ1) is 22.2. The average Bonchev–Trinajstić information content (AvgIpc) is 2.82. The smallest absolute Gasteiger partial charge is 0.254 e. The molecule has 1 aromatic heterocycles. The van der Waals surface area contributed by atoms with E-state index < -0.39 is 0 Å². The molecule has 6 heteroatoms. The summed E-state index contributed by atoms with van der Waals surface area (Å²) in [6.45, 7) is 6.02. The lowest BCUT2D eigenvalue weighted by atomic mass is 10.0. The predicted molar refractivity (Wildman–Crippen MR) is 130 cm³/mol.